The molecule has 11 heteroatoms. The molecular weight excluding hydrogens is 520 g/mol. The highest BCUT2D eigenvalue weighted by atomic mass is 35.5. The van der Waals surface area contributed by atoms with Gasteiger partial charge in [0.25, 0.3) is 0 Å². The van der Waals surface area contributed by atoms with Crippen LogP contribution in [0.2, 0.25) is 4.34 Å². The van der Waals surface area contributed by atoms with E-state index in [0.717, 1.165) is 18.5 Å². The summed E-state index contributed by atoms with van der Waals surface area (Å²) in [4.78, 5) is 30.6. The SMILES string of the molecule is O=C1C(NS(=O)(=O)/C=C/c2ccc(Cl)s2)CCCN1CC(=O)N1CC2CC2C1CNC1CCCCC1. The Bertz CT molecular complexity index is 1100. The summed E-state index contributed by atoms with van der Waals surface area (Å²) in [5, 5.41) is 4.77. The number of amides is 2. The van der Waals surface area contributed by atoms with Crippen molar-refractivity contribution in [1.29, 1.82) is 0 Å². The highest BCUT2D eigenvalue weighted by molar-refractivity contribution is 7.92. The Morgan fingerprint density at radius 1 is 1.17 bits per heavy atom. The van der Waals surface area contributed by atoms with Gasteiger partial charge < -0.3 is 15.1 Å². The molecule has 4 fully saturated rings. The number of likely N-dealkylation sites (tertiary alicyclic amines) is 2. The summed E-state index contributed by atoms with van der Waals surface area (Å²) in [6.45, 7) is 2.09. The molecule has 3 heterocycles. The van der Waals surface area contributed by atoms with Crippen molar-refractivity contribution in [2.75, 3.05) is 26.2 Å². The van der Waals surface area contributed by atoms with Crippen molar-refractivity contribution in [3.63, 3.8) is 0 Å². The molecule has 2 aliphatic heterocycles. The van der Waals surface area contributed by atoms with E-state index in [2.05, 4.69) is 10.0 Å². The standard InChI is InChI=1S/C25H35ClN4O4S2/c26-23-9-8-19(35-23)10-12-36(33,34)28-21-7-4-11-29(25(21)32)16-24(31)30-15-17-13-20(17)22(30)14-27-18-5-2-1-3-6-18/h8-10,12,17-18,20-22,27-28H,1-7,11,13-16H2/b12-10+. The highest BCUT2D eigenvalue weighted by Gasteiger charge is 2.53. The lowest BCUT2D eigenvalue weighted by molar-refractivity contribution is -0.143. The second kappa shape index (κ2) is 11.1. The number of hydrogen-bond donors (Lipinski definition) is 2. The van der Waals surface area contributed by atoms with Crippen LogP contribution in [0.15, 0.2) is 17.5 Å². The molecule has 0 spiro atoms. The van der Waals surface area contributed by atoms with Gasteiger partial charge in [-0.05, 0) is 62.1 Å². The summed E-state index contributed by atoms with van der Waals surface area (Å²) in [6.07, 6.45) is 10.0. The first-order valence-electron chi connectivity index (χ1n) is 13.1. The third kappa shape index (κ3) is 6.32. The lowest BCUT2D eigenvalue weighted by atomic mass is 9.95. The highest BCUT2D eigenvalue weighted by Crippen LogP contribution is 2.49. The van der Waals surface area contributed by atoms with Crippen molar-refractivity contribution in [2.45, 2.75) is 69.5 Å². The minimum Gasteiger partial charge on any atom is -0.336 e. The molecule has 2 saturated heterocycles. The van der Waals surface area contributed by atoms with Crippen LogP contribution in [0.1, 0.15) is 56.2 Å². The number of fused-ring (bicyclic) bond motifs is 1. The van der Waals surface area contributed by atoms with Crippen molar-refractivity contribution in [3.8, 4) is 0 Å². The van der Waals surface area contributed by atoms with Crippen LogP contribution in [0.25, 0.3) is 6.08 Å². The number of halogens is 1. The molecule has 198 valence electrons. The van der Waals surface area contributed by atoms with Gasteiger partial charge in [-0.1, -0.05) is 30.9 Å². The van der Waals surface area contributed by atoms with Gasteiger partial charge in [-0.25, -0.2) is 8.42 Å². The van der Waals surface area contributed by atoms with Crippen LogP contribution in [0, 0.1) is 11.8 Å². The normalized spacial score (nSPS) is 29.2. The van der Waals surface area contributed by atoms with Gasteiger partial charge in [-0.15, -0.1) is 11.3 Å². The quantitative estimate of drug-likeness (QED) is 0.489. The summed E-state index contributed by atoms with van der Waals surface area (Å²) >= 11 is 7.17. The number of carbonyl (C=O) groups is 2. The Morgan fingerprint density at radius 3 is 2.72 bits per heavy atom. The molecule has 36 heavy (non-hydrogen) atoms. The Labute approximate surface area is 222 Å². The van der Waals surface area contributed by atoms with Crippen molar-refractivity contribution in [3.05, 3.63) is 26.8 Å². The Morgan fingerprint density at radius 2 is 1.97 bits per heavy atom. The van der Waals surface area contributed by atoms with Crippen LogP contribution < -0.4 is 10.0 Å². The Hall–Kier alpha value is -1.46. The van der Waals surface area contributed by atoms with Crippen LogP contribution in [-0.4, -0.2) is 74.3 Å². The van der Waals surface area contributed by atoms with E-state index in [0.29, 0.717) is 46.5 Å². The molecule has 0 aromatic carbocycles. The molecule has 2 saturated carbocycles. The van der Waals surface area contributed by atoms with E-state index in [1.165, 1.54) is 60.8 Å². The average Bonchev–Trinajstić information content (AvgIpc) is 3.34. The zero-order chi connectivity index (χ0) is 25.3. The minimum absolute atomic E-state index is 0.0139. The number of thiophene rings is 1. The fraction of sp³-hybridized carbons (Fsp3) is 0.680. The molecule has 2 amide bonds. The van der Waals surface area contributed by atoms with Crippen molar-refractivity contribution in [1.82, 2.24) is 19.8 Å². The maximum atomic E-state index is 13.3. The van der Waals surface area contributed by atoms with E-state index in [-0.39, 0.29) is 24.4 Å². The van der Waals surface area contributed by atoms with E-state index in [1.54, 1.807) is 12.1 Å². The van der Waals surface area contributed by atoms with Gasteiger partial charge in [0.2, 0.25) is 21.8 Å². The van der Waals surface area contributed by atoms with Gasteiger partial charge >= 0.3 is 0 Å². The second-order valence-electron chi connectivity index (χ2n) is 10.6. The topological polar surface area (TPSA) is 98.8 Å². The van der Waals surface area contributed by atoms with Gasteiger partial charge in [0.1, 0.15) is 6.04 Å². The van der Waals surface area contributed by atoms with Crippen molar-refractivity contribution in [2.24, 2.45) is 11.8 Å². The molecule has 4 aliphatic rings. The molecule has 4 atom stereocenters. The van der Waals surface area contributed by atoms with Gasteiger partial charge in [0.05, 0.1) is 10.9 Å². The fourth-order valence-electron chi connectivity index (χ4n) is 5.99. The molecule has 2 N–H and O–H groups in total. The van der Waals surface area contributed by atoms with E-state index < -0.39 is 16.1 Å². The summed E-state index contributed by atoms with van der Waals surface area (Å²) in [6, 6.07) is 3.33. The number of carbonyl (C=O) groups excluding carboxylic acids is 2. The first kappa shape index (κ1) is 26.2. The van der Waals surface area contributed by atoms with E-state index >= 15 is 0 Å². The monoisotopic (exact) mass is 554 g/mol. The molecule has 2 aliphatic carbocycles. The Kier molecular flexibility index (Phi) is 8.07. The second-order valence-corrected chi connectivity index (χ2v) is 13.9. The third-order valence-electron chi connectivity index (χ3n) is 8.01. The summed E-state index contributed by atoms with van der Waals surface area (Å²) in [7, 11) is -3.82. The van der Waals surface area contributed by atoms with Crippen LogP contribution in [0.4, 0.5) is 0 Å². The van der Waals surface area contributed by atoms with E-state index in [4.69, 9.17) is 11.6 Å². The molecule has 0 bridgehead atoms. The predicted molar refractivity (Wildman–Crippen MR) is 142 cm³/mol. The first-order valence-corrected chi connectivity index (χ1v) is 15.8. The lowest BCUT2D eigenvalue weighted by Gasteiger charge is -2.35. The van der Waals surface area contributed by atoms with Gasteiger partial charge in [0, 0.05) is 42.0 Å². The van der Waals surface area contributed by atoms with Gasteiger partial charge in [0.15, 0.2) is 0 Å². The fourth-order valence-corrected chi connectivity index (χ4v) is 8.06. The zero-order valence-corrected chi connectivity index (χ0v) is 22.8. The largest absolute Gasteiger partial charge is 0.336 e. The molecule has 8 nitrogen and oxygen atoms in total. The van der Waals surface area contributed by atoms with Crippen LogP contribution in [0.3, 0.4) is 0 Å². The molecule has 0 radical (unpaired) electrons. The predicted octanol–water partition coefficient (Wildman–Crippen LogP) is 3.05. The van der Waals surface area contributed by atoms with Crippen LogP contribution in [0.5, 0.6) is 0 Å². The summed E-state index contributed by atoms with van der Waals surface area (Å²) < 4.78 is 28.2. The Balaban J connectivity index is 1.15. The van der Waals surface area contributed by atoms with Crippen LogP contribution in [-0.2, 0) is 19.6 Å². The maximum absolute atomic E-state index is 13.3. The number of nitrogens with zero attached hydrogens (tertiary/aromatic N) is 2. The zero-order valence-electron chi connectivity index (χ0n) is 20.4. The smallest absolute Gasteiger partial charge is 0.242 e. The molecular formula is C25H35ClN4O4S2. The van der Waals surface area contributed by atoms with Crippen molar-refractivity contribution >= 4 is 50.9 Å². The number of nitrogens with one attached hydrogen (secondary N) is 2. The van der Waals surface area contributed by atoms with Crippen molar-refractivity contribution < 1.29 is 18.0 Å². The average molecular weight is 555 g/mol. The van der Waals surface area contributed by atoms with Gasteiger partial charge in [-0.2, -0.15) is 4.72 Å². The van der Waals surface area contributed by atoms with Gasteiger partial charge in [-0.3, -0.25) is 9.59 Å². The first-order chi connectivity index (χ1) is 17.3. The number of rotatable bonds is 9. The number of piperidine rings is 2. The number of sulfonamides is 1. The maximum Gasteiger partial charge on any atom is 0.242 e. The number of hydrogen-bond acceptors (Lipinski definition) is 6. The molecule has 1 aromatic heterocycles. The van der Waals surface area contributed by atoms with E-state index in [1.807, 2.05) is 4.90 Å². The molecule has 5 rings (SSSR count). The van der Waals surface area contributed by atoms with Crippen LogP contribution >= 0.6 is 22.9 Å². The minimum atomic E-state index is -3.82. The summed E-state index contributed by atoms with van der Waals surface area (Å²) in [5.41, 5.74) is 0. The molecule has 1 aromatic rings. The summed E-state index contributed by atoms with van der Waals surface area (Å²) in [5.74, 6) is 0.816. The van der Waals surface area contributed by atoms with E-state index in [9.17, 15) is 18.0 Å². The lowest BCUT2D eigenvalue weighted by Crippen LogP contribution is -2.55. The third-order valence-corrected chi connectivity index (χ3v) is 10.3. The molecule has 4 unspecified atom stereocenters.